The van der Waals surface area contributed by atoms with E-state index in [4.69, 9.17) is 15.9 Å². The molecular weight excluding hydrogens is 366 g/mol. The third-order valence-electron chi connectivity index (χ3n) is 4.08. The van der Waals surface area contributed by atoms with E-state index in [1.165, 1.54) is 0 Å². The number of pyridine rings is 1. The Bertz CT molecular complexity index is 977. The molecule has 1 fully saturated rings. The molecule has 9 nitrogen and oxygen atoms in total. The average Bonchev–Trinajstić information content (AvgIpc) is 2.60. The maximum atomic E-state index is 12.2. The van der Waals surface area contributed by atoms with Crippen LogP contribution in [0.4, 0.5) is 17.5 Å². The van der Waals surface area contributed by atoms with Crippen LogP contribution in [0, 0.1) is 5.41 Å². The molecule has 10 heteroatoms. The van der Waals surface area contributed by atoms with E-state index < -0.39 is 9.73 Å². The molecule has 2 aromatic rings. The van der Waals surface area contributed by atoms with E-state index in [0.29, 0.717) is 48.3 Å². The molecule has 144 valence electrons. The highest BCUT2D eigenvalue weighted by molar-refractivity contribution is 7.92. The first-order chi connectivity index (χ1) is 12.8. The molecule has 0 saturated carbocycles. The fraction of sp³-hybridized carbons (Fsp3) is 0.412. The SMILES string of the molecule is C[C@@H]1COCCN1c1cc(N=S(C)(C)=O)nc(-c2ccnc(N)c2C=N)n1. The summed E-state index contributed by atoms with van der Waals surface area (Å²) in [6.45, 7) is 3.93. The van der Waals surface area contributed by atoms with Gasteiger partial charge in [0.2, 0.25) is 0 Å². The molecule has 0 aromatic carbocycles. The van der Waals surface area contributed by atoms with Gasteiger partial charge >= 0.3 is 0 Å². The van der Waals surface area contributed by atoms with Crippen molar-refractivity contribution in [3.05, 3.63) is 23.9 Å². The molecule has 0 aliphatic carbocycles. The normalized spacial score (nSPS) is 17.6. The van der Waals surface area contributed by atoms with Crippen LogP contribution >= 0.6 is 0 Å². The second-order valence-corrected chi connectivity index (χ2v) is 9.14. The van der Waals surface area contributed by atoms with Gasteiger partial charge in [-0.1, -0.05) is 0 Å². The van der Waals surface area contributed by atoms with Crippen LogP contribution in [-0.4, -0.2) is 63.7 Å². The van der Waals surface area contributed by atoms with E-state index in [1.807, 2.05) is 6.92 Å². The van der Waals surface area contributed by atoms with E-state index in [1.54, 1.807) is 30.8 Å². The van der Waals surface area contributed by atoms with Crippen molar-refractivity contribution in [1.82, 2.24) is 15.0 Å². The molecule has 0 amide bonds. The monoisotopic (exact) mass is 389 g/mol. The quantitative estimate of drug-likeness (QED) is 0.761. The molecule has 3 rings (SSSR count). The molecule has 0 unspecified atom stereocenters. The molecule has 27 heavy (non-hydrogen) atoms. The summed E-state index contributed by atoms with van der Waals surface area (Å²) >= 11 is 0. The molecular formula is C17H23N7O2S. The summed E-state index contributed by atoms with van der Waals surface area (Å²) in [5.41, 5.74) is 6.91. The van der Waals surface area contributed by atoms with E-state index in [-0.39, 0.29) is 11.9 Å². The Kier molecular flexibility index (Phi) is 5.38. The Morgan fingerprint density at radius 2 is 2.22 bits per heavy atom. The van der Waals surface area contributed by atoms with Crippen LogP contribution in [0.5, 0.6) is 0 Å². The highest BCUT2D eigenvalue weighted by Crippen LogP contribution is 2.29. The summed E-state index contributed by atoms with van der Waals surface area (Å²) in [4.78, 5) is 15.3. The molecule has 0 radical (unpaired) electrons. The molecule has 3 N–H and O–H groups in total. The van der Waals surface area contributed by atoms with Crippen molar-refractivity contribution < 1.29 is 8.95 Å². The van der Waals surface area contributed by atoms with Crippen LogP contribution < -0.4 is 10.6 Å². The number of aromatic nitrogens is 3. The fourth-order valence-electron chi connectivity index (χ4n) is 2.87. The van der Waals surface area contributed by atoms with Gasteiger partial charge < -0.3 is 20.8 Å². The number of nitrogens with one attached hydrogen (secondary N) is 1. The van der Waals surface area contributed by atoms with E-state index in [2.05, 4.69) is 24.2 Å². The zero-order valence-corrected chi connectivity index (χ0v) is 16.4. The van der Waals surface area contributed by atoms with Gasteiger partial charge in [0.15, 0.2) is 11.6 Å². The predicted molar refractivity (Wildman–Crippen MR) is 107 cm³/mol. The van der Waals surface area contributed by atoms with Gasteiger partial charge in [0.25, 0.3) is 0 Å². The number of morpholine rings is 1. The summed E-state index contributed by atoms with van der Waals surface area (Å²) in [7, 11) is -2.40. The Balaban J connectivity index is 2.21. The minimum atomic E-state index is -2.40. The van der Waals surface area contributed by atoms with Crippen LogP contribution in [0.2, 0.25) is 0 Å². The number of nitrogens with zero attached hydrogens (tertiary/aromatic N) is 5. The smallest absolute Gasteiger partial charge is 0.167 e. The minimum Gasteiger partial charge on any atom is -0.383 e. The molecule has 1 aliphatic rings. The van der Waals surface area contributed by atoms with Crippen molar-refractivity contribution in [2.24, 2.45) is 4.36 Å². The van der Waals surface area contributed by atoms with Gasteiger partial charge in [-0.3, -0.25) is 0 Å². The molecule has 0 spiro atoms. The molecule has 3 heterocycles. The standard InChI is InChI=1S/C17H23N7O2S/c1-11-10-26-7-6-24(11)15-8-14(23-27(2,3)25)21-17(22-15)12-4-5-20-16(19)13(12)9-18/h4-5,8-9,11,18H,6-7,10H2,1-3H3,(H2,19,20)/t11-/m1/s1. The van der Waals surface area contributed by atoms with Gasteiger partial charge in [-0.15, -0.1) is 0 Å². The third-order valence-corrected chi connectivity index (χ3v) is 4.71. The number of anilines is 2. The second-order valence-electron chi connectivity index (χ2n) is 6.60. The molecule has 0 bridgehead atoms. The number of ether oxygens (including phenoxy) is 1. The second kappa shape index (κ2) is 7.57. The van der Waals surface area contributed by atoms with Gasteiger partial charge in [0.1, 0.15) is 11.6 Å². The van der Waals surface area contributed by atoms with Crippen LogP contribution in [0.25, 0.3) is 11.4 Å². The first-order valence-electron chi connectivity index (χ1n) is 8.44. The van der Waals surface area contributed by atoms with Gasteiger partial charge in [-0.05, 0) is 13.0 Å². The number of hydrogen-bond donors (Lipinski definition) is 2. The maximum absolute atomic E-state index is 12.2. The van der Waals surface area contributed by atoms with Crippen molar-refractivity contribution in [3.8, 4) is 11.4 Å². The number of rotatable bonds is 4. The van der Waals surface area contributed by atoms with Crippen molar-refractivity contribution in [1.29, 1.82) is 5.41 Å². The van der Waals surface area contributed by atoms with Crippen molar-refractivity contribution in [3.63, 3.8) is 0 Å². The van der Waals surface area contributed by atoms with Crippen molar-refractivity contribution >= 4 is 33.4 Å². The third kappa shape index (κ3) is 4.40. The first kappa shape index (κ1) is 19.2. The first-order valence-corrected chi connectivity index (χ1v) is 10.8. The lowest BCUT2D eigenvalue weighted by Gasteiger charge is -2.34. The number of hydrogen-bond acceptors (Lipinski definition) is 9. The van der Waals surface area contributed by atoms with Crippen LogP contribution in [0.15, 0.2) is 22.7 Å². The maximum Gasteiger partial charge on any atom is 0.167 e. The van der Waals surface area contributed by atoms with Crippen molar-refractivity contribution in [2.45, 2.75) is 13.0 Å². The highest BCUT2D eigenvalue weighted by Gasteiger charge is 2.22. The highest BCUT2D eigenvalue weighted by atomic mass is 32.2. The Morgan fingerprint density at radius 3 is 2.89 bits per heavy atom. The van der Waals surface area contributed by atoms with Crippen LogP contribution in [0.3, 0.4) is 0 Å². The minimum absolute atomic E-state index is 0.131. The van der Waals surface area contributed by atoms with Gasteiger partial charge in [-0.2, -0.15) is 4.36 Å². The van der Waals surface area contributed by atoms with Gasteiger partial charge in [0.05, 0.1) is 19.3 Å². The van der Waals surface area contributed by atoms with Gasteiger partial charge in [0, 0.05) is 58.4 Å². The van der Waals surface area contributed by atoms with E-state index >= 15 is 0 Å². The molecule has 2 aromatic heterocycles. The summed E-state index contributed by atoms with van der Waals surface area (Å²) in [5.74, 6) is 1.59. The van der Waals surface area contributed by atoms with Crippen molar-refractivity contribution in [2.75, 3.05) is 42.9 Å². The lowest BCUT2D eigenvalue weighted by molar-refractivity contribution is 0.0985. The lowest BCUT2D eigenvalue weighted by atomic mass is 10.1. The van der Waals surface area contributed by atoms with E-state index in [0.717, 1.165) is 6.21 Å². The van der Waals surface area contributed by atoms with Crippen LogP contribution in [0.1, 0.15) is 12.5 Å². The fourth-order valence-corrected chi connectivity index (χ4v) is 3.41. The molecule has 1 aliphatic heterocycles. The molecule has 1 saturated heterocycles. The van der Waals surface area contributed by atoms with Crippen LogP contribution in [-0.2, 0) is 14.5 Å². The Morgan fingerprint density at radius 1 is 1.44 bits per heavy atom. The van der Waals surface area contributed by atoms with Gasteiger partial charge in [-0.25, -0.2) is 19.2 Å². The summed E-state index contributed by atoms with van der Waals surface area (Å²) < 4.78 is 22.0. The summed E-state index contributed by atoms with van der Waals surface area (Å²) in [5, 5.41) is 7.66. The number of nitrogens with two attached hydrogens (primary N) is 1. The zero-order valence-electron chi connectivity index (χ0n) is 15.5. The number of nitrogen functional groups attached to an aromatic ring is 1. The Hall–Kier alpha value is -2.59. The topological polar surface area (TPSA) is 130 Å². The summed E-state index contributed by atoms with van der Waals surface area (Å²) in [6.07, 6.45) is 5.79. The van der Waals surface area contributed by atoms with E-state index in [9.17, 15) is 4.21 Å². The largest absolute Gasteiger partial charge is 0.383 e. The Labute approximate surface area is 158 Å². The summed E-state index contributed by atoms with van der Waals surface area (Å²) in [6, 6.07) is 3.57. The zero-order chi connectivity index (χ0) is 19.6. The lowest BCUT2D eigenvalue weighted by Crippen LogP contribution is -2.44. The molecule has 1 atom stereocenters. The predicted octanol–water partition coefficient (Wildman–Crippen LogP) is 1.70. The average molecular weight is 389 g/mol.